The van der Waals surface area contributed by atoms with Gasteiger partial charge in [-0.2, -0.15) is 8.78 Å². The minimum Gasteiger partial charge on any atom is -0.432 e. The zero-order chi connectivity index (χ0) is 27.0. The lowest BCUT2D eigenvalue weighted by Gasteiger charge is -2.33. The second kappa shape index (κ2) is 13.2. The van der Waals surface area contributed by atoms with E-state index in [1.807, 2.05) is 6.92 Å². The Labute approximate surface area is 215 Å². The molecule has 2 aromatic rings. The van der Waals surface area contributed by atoms with Crippen molar-refractivity contribution in [2.45, 2.75) is 83.2 Å². The maximum Gasteiger partial charge on any atom is 0.400 e. The Morgan fingerprint density at radius 1 is 1.00 bits per heavy atom. The summed E-state index contributed by atoms with van der Waals surface area (Å²) in [6.07, 6.45) is 2.02. The van der Waals surface area contributed by atoms with E-state index in [-0.39, 0.29) is 42.7 Å². The van der Waals surface area contributed by atoms with Gasteiger partial charge in [-0.25, -0.2) is 17.6 Å². The first kappa shape index (κ1) is 28.9. The number of halogens is 6. The van der Waals surface area contributed by atoms with E-state index < -0.39 is 41.1 Å². The highest BCUT2D eigenvalue weighted by Gasteiger charge is 2.44. The Balaban J connectivity index is 1.59. The molecule has 0 aliphatic heterocycles. The molecule has 0 saturated heterocycles. The van der Waals surface area contributed by atoms with Gasteiger partial charge in [-0.15, -0.1) is 6.58 Å². The third-order valence-electron chi connectivity index (χ3n) is 7.04. The third kappa shape index (κ3) is 7.65. The molecule has 1 nitrogen and oxygen atoms in total. The Kier molecular flexibility index (Phi) is 10.3. The van der Waals surface area contributed by atoms with Crippen molar-refractivity contribution in [1.29, 1.82) is 0 Å². The molecule has 0 bridgehead atoms. The molecule has 1 fully saturated rings. The van der Waals surface area contributed by atoms with Crippen LogP contribution in [-0.4, -0.2) is 6.11 Å². The van der Waals surface area contributed by atoms with Gasteiger partial charge in [0.15, 0.2) is 5.83 Å². The lowest BCUT2D eigenvalue weighted by Crippen LogP contribution is -2.37. The van der Waals surface area contributed by atoms with E-state index in [2.05, 4.69) is 6.58 Å². The summed E-state index contributed by atoms with van der Waals surface area (Å²) in [7, 11) is 0. The number of benzene rings is 2. The number of hydrogen-bond acceptors (Lipinski definition) is 1. The molecular weight excluding hydrogens is 490 g/mol. The predicted octanol–water partition coefficient (Wildman–Crippen LogP) is 10.2. The molecule has 0 aromatic heterocycles. The maximum absolute atomic E-state index is 14.9. The molecule has 0 heterocycles. The Morgan fingerprint density at radius 3 is 2.19 bits per heavy atom. The molecule has 2 aromatic carbocycles. The molecule has 0 amide bonds. The fourth-order valence-electron chi connectivity index (χ4n) is 4.83. The maximum atomic E-state index is 14.9. The van der Waals surface area contributed by atoms with Crippen molar-refractivity contribution in [1.82, 2.24) is 0 Å². The molecule has 0 atom stereocenters. The predicted molar refractivity (Wildman–Crippen MR) is 135 cm³/mol. The molecule has 0 spiro atoms. The van der Waals surface area contributed by atoms with Gasteiger partial charge in [0, 0.05) is 29.7 Å². The lowest BCUT2D eigenvalue weighted by molar-refractivity contribution is -0.222. The fourth-order valence-corrected chi connectivity index (χ4v) is 4.83. The van der Waals surface area contributed by atoms with Crippen LogP contribution in [0.25, 0.3) is 5.83 Å². The molecule has 0 unspecified atom stereocenters. The number of ether oxygens (including phenoxy) is 1. The fraction of sp³-hybridized carbons (Fsp3) is 0.467. The highest BCUT2D eigenvalue weighted by Crippen LogP contribution is 2.43. The van der Waals surface area contributed by atoms with Crippen LogP contribution in [0, 0.1) is 17.6 Å². The van der Waals surface area contributed by atoms with Crippen LogP contribution in [0.2, 0.25) is 0 Å². The van der Waals surface area contributed by atoms with Gasteiger partial charge < -0.3 is 4.74 Å². The zero-order valence-electron chi connectivity index (χ0n) is 21.2. The zero-order valence-corrected chi connectivity index (χ0v) is 21.2. The second-order valence-electron chi connectivity index (χ2n) is 9.70. The minimum absolute atomic E-state index is 0.00146. The normalized spacial score (nSPS) is 18.9. The van der Waals surface area contributed by atoms with Gasteiger partial charge in [0.1, 0.15) is 23.2 Å². The molecule has 202 valence electrons. The largest absolute Gasteiger partial charge is 0.432 e. The van der Waals surface area contributed by atoms with E-state index >= 15 is 0 Å². The Hall–Kier alpha value is -2.70. The first-order chi connectivity index (χ1) is 17.7. The summed E-state index contributed by atoms with van der Waals surface area (Å²) in [4.78, 5) is 0. The van der Waals surface area contributed by atoms with Crippen LogP contribution in [0.15, 0.2) is 54.9 Å². The first-order valence-electron chi connectivity index (χ1n) is 13.0. The van der Waals surface area contributed by atoms with E-state index in [0.717, 1.165) is 30.5 Å². The number of alkyl halides is 2. The molecule has 1 aliphatic rings. The van der Waals surface area contributed by atoms with Crippen molar-refractivity contribution < 1.29 is 31.1 Å². The van der Waals surface area contributed by atoms with Gasteiger partial charge in [0.25, 0.3) is 0 Å². The monoisotopic (exact) mass is 524 g/mol. The number of hydrogen-bond donors (Lipinski definition) is 0. The molecule has 0 radical (unpaired) electrons. The lowest BCUT2D eigenvalue weighted by atomic mass is 9.78. The summed E-state index contributed by atoms with van der Waals surface area (Å²) in [5.41, 5.74) is 0.864. The average molecular weight is 525 g/mol. The Bertz CT molecular complexity index is 1040. The smallest absolute Gasteiger partial charge is 0.400 e. The van der Waals surface area contributed by atoms with Gasteiger partial charge in [-0.3, -0.25) is 0 Å². The van der Waals surface area contributed by atoms with Gasteiger partial charge in [-0.1, -0.05) is 50.1 Å². The summed E-state index contributed by atoms with van der Waals surface area (Å²) in [6.45, 7) is 5.50. The summed E-state index contributed by atoms with van der Waals surface area (Å²) in [6, 6.07) is 8.07. The molecule has 7 heteroatoms. The summed E-state index contributed by atoms with van der Waals surface area (Å²) >= 11 is 0. The van der Waals surface area contributed by atoms with Crippen molar-refractivity contribution in [3.05, 3.63) is 83.2 Å². The van der Waals surface area contributed by atoms with Gasteiger partial charge in [0.05, 0.1) is 5.92 Å². The molecule has 37 heavy (non-hydrogen) atoms. The van der Waals surface area contributed by atoms with Crippen molar-refractivity contribution in [3.63, 3.8) is 0 Å². The third-order valence-corrected chi connectivity index (χ3v) is 7.04. The van der Waals surface area contributed by atoms with Crippen LogP contribution in [0.4, 0.5) is 26.3 Å². The highest BCUT2D eigenvalue weighted by atomic mass is 19.3. The van der Waals surface area contributed by atoms with Crippen LogP contribution >= 0.6 is 0 Å². The quantitative estimate of drug-likeness (QED) is 0.152. The molecule has 1 saturated carbocycles. The van der Waals surface area contributed by atoms with Gasteiger partial charge in [0.2, 0.25) is 0 Å². The number of allylic oxidation sites excluding steroid dienone is 2. The van der Waals surface area contributed by atoms with E-state index in [1.165, 1.54) is 18.2 Å². The van der Waals surface area contributed by atoms with Crippen molar-refractivity contribution in [2.24, 2.45) is 5.92 Å². The minimum atomic E-state index is -3.58. The second-order valence-corrected chi connectivity index (χ2v) is 9.70. The van der Waals surface area contributed by atoms with E-state index in [1.54, 1.807) is 12.1 Å². The van der Waals surface area contributed by atoms with Crippen LogP contribution in [-0.2, 0) is 6.42 Å². The topological polar surface area (TPSA) is 9.23 Å². The number of rotatable bonds is 12. The number of unbranched alkanes of at least 4 members (excludes halogenated alkanes) is 2. The summed E-state index contributed by atoms with van der Waals surface area (Å²) in [5, 5.41) is 0. The van der Waals surface area contributed by atoms with Gasteiger partial charge in [-0.05, 0) is 56.4 Å². The van der Waals surface area contributed by atoms with Crippen LogP contribution in [0.1, 0.15) is 87.3 Å². The molecule has 0 N–H and O–H groups in total. The van der Waals surface area contributed by atoms with Crippen LogP contribution in [0.3, 0.4) is 0 Å². The molecular formula is C30H34F6O. The van der Waals surface area contributed by atoms with E-state index in [0.29, 0.717) is 25.7 Å². The van der Waals surface area contributed by atoms with Crippen molar-refractivity contribution in [3.8, 4) is 5.75 Å². The van der Waals surface area contributed by atoms with Gasteiger partial charge >= 0.3 is 6.11 Å². The van der Waals surface area contributed by atoms with Crippen molar-refractivity contribution >= 4 is 5.83 Å². The first-order valence-corrected chi connectivity index (χ1v) is 13.0. The highest BCUT2D eigenvalue weighted by molar-refractivity contribution is 5.61. The van der Waals surface area contributed by atoms with E-state index in [9.17, 15) is 26.3 Å². The summed E-state index contributed by atoms with van der Waals surface area (Å²) in [5.74, 6) is -5.11. The van der Waals surface area contributed by atoms with Crippen LogP contribution < -0.4 is 4.74 Å². The van der Waals surface area contributed by atoms with E-state index in [4.69, 9.17) is 4.74 Å². The summed E-state index contributed by atoms with van der Waals surface area (Å²) < 4.78 is 91.4. The SMILES string of the molecule is C=CCCc1c(F)cc(OC(F)(F)C2CCC(c3ccc(/C(F)=C(\F)CCCCC)cc3)CC2)cc1F. The average Bonchev–Trinajstić information content (AvgIpc) is 2.88. The Morgan fingerprint density at radius 2 is 1.62 bits per heavy atom. The van der Waals surface area contributed by atoms with Crippen LogP contribution in [0.5, 0.6) is 5.75 Å². The molecule has 1 aliphatic carbocycles. The molecule has 3 rings (SSSR count). The standard InChI is InChI=1S/C30H34F6O/c1-3-5-7-9-26(31)29(34)22-12-10-20(11-13-22)21-14-16-23(17-15-21)30(35,36)37-24-18-27(32)25(8-6-4-2)28(33)19-24/h4,10-13,18-19,21,23H,2-3,5-9,14-17H2,1H3/b29-26+. The van der Waals surface area contributed by atoms with Crippen molar-refractivity contribution in [2.75, 3.05) is 0 Å².